The minimum Gasteiger partial charge on any atom is -0.468 e. The molecule has 1 atom stereocenters. The van der Waals surface area contributed by atoms with Crippen molar-refractivity contribution >= 4 is 33.4 Å². The van der Waals surface area contributed by atoms with Crippen molar-refractivity contribution in [1.82, 2.24) is 14.8 Å². The SMILES string of the molecule is COC(=O)[C@@H](c1ccccc1)N1CCN(C(=O)c2cccc(-c3nc4ccccc4s3)c2)CC1. The maximum Gasteiger partial charge on any atom is 0.327 e. The Kier molecular flexibility index (Phi) is 6.38. The zero-order chi connectivity index (χ0) is 23.5. The summed E-state index contributed by atoms with van der Waals surface area (Å²) in [5.74, 6) is -0.286. The van der Waals surface area contributed by atoms with E-state index in [1.54, 1.807) is 11.3 Å². The molecule has 0 spiro atoms. The molecule has 172 valence electrons. The van der Waals surface area contributed by atoms with Gasteiger partial charge in [0.2, 0.25) is 0 Å². The van der Waals surface area contributed by atoms with E-state index in [0.717, 1.165) is 26.4 Å². The highest BCUT2D eigenvalue weighted by atomic mass is 32.1. The summed E-state index contributed by atoms with van der Waals surface area (Å²) in [7, 11) is 1.41. The van der Waals surface area contributed by atoms with Gasteiger partial charge in [0.1, 0.15) is 11.0 Å². The van der Waals surface area contributed by atoms with Crippen LogP contribution < -0.4 is 0 Å². The molecule has 1 saturated heterocycles. The first kappa shape index (κ1) is 22.3. The Bertz CT molecular complexity index is 1280. The number of benzene rings is 3. The summed E-state index contributed by atoms with van der Waals surface area (Å²) in [6.07, 6.45) is 0. The summed E-state index contributed by atoms with van der Waals surface area (Å²) >= 11 is 1.63. The number of ether oxygens (including phenoxy) is 1. The van der Waals surface area contributed by atoms with Gasteiger partial charge in [-0.2, -0.15) is 0 Å². The van der Waals surface area contributed by atoms with Crippen molar-refractivity contribution in [2.45, 2.75) is 6.04 Å². The quantitative estimate of drug-likeness (QED) is 0.397. The Balaban J connectivity index is 1.30. The van der Waals surface area contributed by atoms with Crippen LogP contribution in [-0.4, -0.2) is 59.9 Å². The summed E-state index contributed by atoms with van der Waals surface area (Å²) in [6.45, 7) is 2.28. The van der Waals surface area contributed by atoms with E-state index >= 15 is 0 Å². The number of hydrogen-bond acceptors (Lipinski definition) is 6. The van der Waals surface area contributed by atoms with Gasteiger partial charge >= 0.3 is 5.97 Å². The number of aromatic nitrogens is 1. The number of thiazole rings is 1. The fraction of sp³-hybridized carbons (Fsp3) is 0.222. The third-order valence-corrected chi connectivity index (χ3v) is 7.24. The minimum absolute atomic E-state index is 0.00283. The molecule has 1 aliphatic rings. The molecule has 1 amide bonds. The fourth-order valence-corrected chi connectivity index (χ4v) is 5.35. The molecule has 7 heteroatoms. The van der Waals surface area contributed by atoms with Crippen LogP contribution in [0.2, 0.25) is 0 Å². The van der Waals surface area contributed by atoms with Crippen molar-refractivity contribution in [3.63, 3.8) is 0 Å². The molecule has 1 aromatic heterocycles. The van der Waals surface area contributed by atoms with Crippen molar-refractivity contribution in [2.24, 2.45) is 0 Å². The zero-order valence-corrected chi connectivity index (χ0v) is 19.7. The van der Waals surface area contributed by atoms with Crippen molar-refractivity contribution in [3.8, 4) is 10.6 Å². The highest BCUT2D eigenvalue weighted by Crippen LogP contribution is 2.31. The number of para-hydroxylation sites is 1. The molecule has 0 bridgehead atoms. The molecule has 0 N–H and O–H groups in total. The van der Waals surface area contributed by atoms with Gasteiger partial charge in [-0.15, -0.1) is 11.3 Å². The number of rotatable bonds is 5. The molecular formula is C27H25N3O3S. The lowest BCUT2D eigenvalue weighted by Crippen LogP contribution is -2.51. The van der Waals surface area contributed by atoms with E-state index in [2.05, 4.69) is 11.0 Å². The van der Waals surface area contributed by atoms with Crippen molar-refractivity contribution in [1.29, 1.82) is 0 Å². The van der Waals surface area contributed by atoms with Gasteiger partial charge in [0.05, 0.1) is 17.3 Å². The normalized spacial score (nSPS) is 15.3. The summed E-state index contributed by atoms with van der Waals surface area (Å²) in [5, 5.41) is 0.907. The van der Waals surface area contributed by atoms with Crippen molar-refractivity contribution in [3.05, 3.63) is 90.0 Å². The standard InChI is InChI=1S/C27H25N3O3S/c1-33-27(32)24(19-8-3-2-4-9-19)29-14-16-30(17-15-29)26(31)21-11-7-10-20(18-21)25-28-22-12-5-6-13-23(22)34-25/h2-13,18,24H,14-17H2,1H3/t24-/m1/s1. The second kappa shape index (κ2) is 9.75. The predicted molar refractivity (Wildman–Crippen MR) is 134 cm³/mol. The highest BCUT2D eigenvalue weighted by molar-refractivity contribution is 7.21. The number of nitrogens with zero attached hydrogens (tertiary/aromatic N) is 3. The van der Waals surface area contributed by atoms with Crippen LogP contribution in [0.1, 0.15) is 22.0 Å². The van der Waals surface area contributed by atoms with E-state index in [9.17, 15) is 9.59 Å². The van der Waals surface area contributed by atoms with Crippen LogP contribution in [0.15, 0.2) is 78.9 Å². The summed E-state index contributed by atoms with van der Waals surface area (Å²) in [6, 6.07) is 24.9. The molecule has 0 unspecified atom stereocenters. The summed E-state index contributed by atoms with van der Waals surface area (Å²) in [4.78, 5) is 34.5. The maximum absolute atomic E-state index is 13.3. The number of fused-ring (bicyclic) bond motifs is 1. The van der Waals surface area contributed by atoms with Gasteiger partial charge < -0.3 is 9.64 Å². The average molecular weight is 472 g/mol. The van der Waals surface area contributed by atoms with Crippen LogP contribution in [0.25, 0.3) is 20.8 Å². The Morgan fingerprint density at radius 1 is 0.912 bits per heavy atom. The van der Waals surface area contributed by atoms with Gasteiger partial charge in [-0.25, -0.2) is 9.78 Å². The van der Waals surface area contributed by atoms with Crippen LogP contribution in [-0.2, 0) is 9.53 Å². The van der Waals surface area contributed by atoms with Crippen LogP contribution in [0, 0.1) is 0 Å². The lowest BCUT2D eigenvalue weighted by molar-refractivity contribution is -0.148. The van der Waals surface area contributed by atoms with Crippen LogP contribution in [0.3, 0.4) is 0 Å². The molecular weight excluding hydrogens is 446 g/mol. The number of piperazine rings is 1. The lowest BCUT2D eigenvalue weighted by Gasteiger charge is -2.38. The first-order valence-electron chi connectivity index (χ1n) is 11.3. The molecule has 1 aliphatic heterocycles. The monoisotopic (exact) mass is 471 g/mol. The molecule has 5 rings (SSSR count). The Hall–Kier alpha value is -3.55. The largest absolute Gasteiger partial charge is 0.468 e. The molecule has 1 fully saturated rings. The molecule has 2 heterocycles. The second-order valence-electron chi connectivity index (χ2n) is 8.23. The summed E-state index contributed by atoms with van der Waals surface area (Å²) in [5.41, 5.74) is 3.46. The van der Waals surface area contributed by atoms with Gasteiger partial charge in [-0.1, -0.05) is 54.6 Å². The van der Waals surface area contributed by atoms with Crippen LogP contribution in [0.5, 0.6) is 0 Å². The Morgan fingerprint density at radius 3 is 2.38 bits per heavy atom. The fourth-order valence-electron chi connectivity index (χ4n) is 4.39. The highest BCUT2D eigenvalue weighted by Gasteiger charge is 2.32. The van der Waals surface area contributed by atoms with E-state index in [0.29, 0.717) is 31.7 Å². The third kappa shape index (κ3) is 4.44. The second-order valence-corrected chi connectivity index (χ2v) is 9.26. The van der Waals surface area contributed by atoms with Crippen molar-refractivity contribution < 1.29 is 14.3 Å². The smallest absolute Gasteiger partial charge is 0.327 e. The number of amides is 1. The first-order valence-corrected chi connectivity index (χ1v) is 12.1. The lowest BCUT2D eigenvalue weighted by atomic mass is 10.0. The van der Waals surface area contributed by atoms with E-state index in [4.69, 9.17) is 9.72 Å². The number of hydrogen-bond donors (Lipinski definition) is 0. The molecule has 6 nitrogen and oxygen atoms in total. The Labute approximate surface area is 202 Å². The molecule has 0 radical (unpaired) electrons. The van der Waals surface area contributed by atoms with E-state index in [1.165, 1.54) is 7.11 Å². The number of methoxy groups -OCH3 is 1. The van der Waals surface area contributed by atoms with Crippen LogP contribution in [0.4, 0.5) is 0 Å². The van der Waals surface area contributed by atoms with Gasteiger partial charge in [-0.3, -0.25) is 9.69 Å². The van der Waals surface area contributed by atoms with E-state index in [-0.39, 0.29) is 11.9 Å². The number of esters is 1. The van der Waals surface area contributed by atoms with Gasteiger partial charge in [0.15, 0.2) is 0 Å². The van der Waals surface area contributed by atoms with E-state index < -0.39 is 6.04 Å². The van der Waals surface area contributed by atoms with Crippen molar-refractivity contribution in [2.75, 3.05) is 33.3 Å². The van der Waals surface area contributed by atoms with Gasteiger partial charge in [0, 0.05) is 37.3 Å². The number of carbonyl (C=O) groups is 2. The number of carbonyl (C=O) groups excluding carboxylic acids is 2. The molecule has 3 aromatic carbocycles. The van der Waals surface area contributed by atoms with Gasteiger partial charge in [-0.05, 0) is 29.8 Å². The third-order valence-electron chi connectivity index (χ3n) is 6.16. The average Bonchev–Trinajstić information content (AvgIpc) is 3.34. The van der Waals surface area contributed by atoms with Gasteiger partial charge in [0.25, 0.3) is 5.91 Å². The molecule has 4 aromatic rings. The van der Waals surface area contributed by atoms with E-state index in [1.807, 2.05) is 77.7 Å². The maximum atomic E-state index is 13.3. The Morgan fingerprint density at radius 2 is 1.65 bits per heavy atom. The zero-order valence-electron chi connectivity index (χ0n) is 18.9. The predicted octanol–water partition coefficient (Wildman–Crippen LogP) is 4.64. The summed E-state index contributed by atoms with van der Waals surface area (Å²) < 4.78 is 6.20. The molecule has 34 heavy (non-hydrogen) atoms. The topological polar surface area (TPSA) is 62.7 Å². The molecule has 0 saturated carbocycles. The first-order chi connectivity index (χ1) is 16.6. The van der Waals surface area contributed by atoms with Crippen LogP contribution >= 0.6 is 11.3 Å². The minimum atomic E-state index is -0.467. The molecule has 0 aliphatic carbocycles.